The second kappa shape index (κ2) is 5.31. The van der Waals surface area contributed by atoms with Gasteiger partial charge in [0.15, 0.2) is 5.79 Å². The van der Waals surface area contributed by atoms with Crippen LogP contribution in [-0.2, 0) is 9.47 Å². The number of ether oxygens (including phenoxy) is 2. The fourth-order valence-corrected chi connectivity index (χ4v) is 2.43. The average Bonchev–Trinajstić information content (AvgIpc) is 2.43. The highest BCUT2D eigenvalue weighted by molar-refractivity contribution is 4.82. The topological polar surface area (TPSA) is 18.5 Å². The van der Waals surface area contributed by atoms with Crippen molar-refractivity contribution in [3.63, 3.8) is 0 Å². The highest BCUT2D eigenvalue weighted by Crippen LogP contribution is 2.37. The van der Waals surface area contributed by atoms with Crippen molar-refractivity contribution in [2.45, 2.75) is 78.3 Å². The molecule has 0 aromatic heterocycles. The first-order valence-electron chi connectivity index (χ1n) is 6.38. The van der Waals surface area contributed by atoms with Crippen LogP contribution in [0.2, 0.25) is 0 Å². The Morgan fingerprint density at radius 3 is 2.07 bits per heavy atom. The van der Waals surface area contributed by atoms with Crippen molar-refractivity contribution < 1.29 is 9.47 Å². The van der Waals surface area contributed by atoms with Crippen molar-refractivity contribution in [1.29, 1.82) is 0 Å². The van der Waals surface area contributed by atoms with Crippen LogP contribution in [0, 0.1) is 5.92 Å². The van der Waals surface area contributed by atoms with E-state index in [9.17, 15) is 0 Å². The van der Waals surface area contributed by atoms with E-state index in [0.29, 0.717) is 5.92 Å². The van der Waals surface area contributed by atoms with Gasteiger partial charge in [-0.05, 0) is 26.2 Å². The van der Waals surface area contributed by atoms with Crippen molar-refractivity contribution >= 4 is 0 Å². The lowest BCUT2D eigenvalue weighted by atomic mass is 9.95. The standard InChI is InChI=1S/C13H26O2/c1-6-8-10(3)9-13(7-2)14-11(4)12(5)15-13/h10-12H,6-9H2,1-5H3/t10-,11-,12-/m1/s1. The maximum absolute atomic E-state index is 6.01. The highest BCUT2D eigenvalue weighted by atomic mass is 16.8. The van der Waals surface area contributed by atoms with E-state index in [0.717, 1.165) is 12.8 Å². The summed E-state index contributed by atoms with van der Waals surface area (Å²) < 4.78 is 12.0. The molecule has 0 amide bonds. The molecule has 0 aromatic rings. The maximum Gasteiger partial charge on any atom is 0.169 e. The molecule has 1 saturated heterocycles. The zero-order chi connectivity index (χ0) is 11.5. The summed E-state index contributed by atoms with van der Waals surface area (Å²) in [5, 5.41) is 0. The van der Waals surface area contributed by atoms with Crippen LogP contribution >= 0.6 is 0 Å². The Hall–Kier alpha value is -0.0800. The summed E-state index contributed by atoms with van der Waals surface area (Å²) in [5.41, 5.74) is 0. The van der Waals surface area contributed by atoms with Gasteiger partial charge in [0.2, 0.25) is 0 Å². The van der Waals surface area contributed by atoms with E-state index in [4.69, 9.17) is 9.47 Å². The molecule has 1 aliphatic heterocycles. The Bertz CT molecular complexity index is 181. The first-order chi connectivity index (χ1) is 7.03. The molecule has 2 nitrogen and oxygen atoms in total. The van der Waals surface area contributed by atoms with Crippen LogP contribution in [0.4, 0.5) is 0 Å². The normalized spacial score (nSPS) is 31.8. The van der Waals surface area contributed by atoms with Crippen LogP contribution in [0.3, 0.4) is 0 Å². The quantitative estimate of drug-likeness (QED) is 0.694. The molecule has 0 saturated carbocycles. The van der Waals surface area contributed by atoms with Crippen molar-refractivity contribution in [2.24, 2.45) is 5.92 Å². The smallest absolute Gasteiger partial charge is 0.169 e. The molecule has 1 fully saturated rings. The van der Waals surface area contributed by atoms with Gasteiger partial charge < -0.3 is 9.47 Å². The van der Waals surface area contributed by atoms with Crippen LogP contribution in [0.5, 0.6) is 0 Å². The van der Waals surface area contributed by atoms with Crippen molar-refractivity contribution in [2.75, 3.05) is 0 Å². The van der Waals surface area contributed by atoms with Gasteiger partial charge >= 0.3 is 0 Å². The predicted octanol–water partition coefficient (Wildman–Crippen LogP) is 3.74. The van der Waals surface area contributed by atoms with E-state index in [2.05, 4.69) is 34.6 Å². The molecule has 0 bridgehead atoms. The minimum absolute atomic E-state index is 0.235. The average molecular weight is 214 g/mol. The molecule has 15 heavy (non-hydrogen) atoms. The summed E-state index contributed by atoms with van der Waals surface area (Å²) in [7, 11) is 0. The molecule has 1 aliphatic rings. The molecule has 0 spiro atoms. The zero-order valence-electron chi connectivity index (χ0n) is 10.9. The number of rotatable bonds is 5. The van der Waals surface area contributed by atoms with Gasteiger partial charge in [0.25, 0.3) is 0 Å². The van der Waals surface area contributed by atoms with Crippen molar-refractivity contribution in [3.05, 3.63) is 0 Å². The fraction of sp³-hybridized carbons (Fsp3) is 1.00. The van der Waals surface area contributed by atoms with E-state index in [1.165, 1.54) is 12.8 Å². The fourth-order valence-electron chi connectivity index (χ4n) is 2.43. The summed E-state index contributed by atoms with van der Waals surface area (Å²) >= 11 is 0. The monoisotopic (exact) mass is 214 g/mol. The third-order valence-corrected chi connectivity index (χ3v) is 3.44. The zero-order valence-corrected chi connectivity index (χ0v) is 10.9. The lowest BCUT2D eigenvalue weighted by Gasteiger charge is -2.29. The van der Waals surface area contributed by atoms with Crippen LogP contribution in [0.1, 0.15) is 60.3 Å². The SMILES string of the molecule is CCC[C@@H](C)CC1(CC)O[C@H](C)[C@@H](C)O1. The third kappa shape index (κ3) is 3.18. The Morgan fingerprint density at radius 1 is 1.13 bits per heavy atom. The minimum Gasteiger partial charge on any atom is -0.344 e. The second-order valence-electron chi connectivity index (χ2n) is 5.01. The molecular weight excluding hydrogens is 188 g/mol. The Labute approximate surface area is 94.3 Å². The number of hydrogen-bond donors (Lipinski definition) is 0. The molecule has 1 rings (SSSR count). The van der Waals surface area contributed by atoms with E-state index < -0.39 is 0 Å². The van der Waals surface area contributed by atoms with E-state index in [1.807, 2.05) is 0 Å². The summed E-state index contributed by atoms with van der Waals surface area (Å²) in [6.45, 7) is 10.9. The van der Waals surface area contributed by atoms with Crippen molar-refractivity contribution in [1.82, 2.24) is 0 Å². The summed E-state index contributed by atoms with van der Waals surface area (Å²) in [4.78, 5) is 0. The van der Waals surface area contributed by atoms with Gasteiger partial charge in [-0.15, -0.1) is 0 Å². The first kappa shape index (κ1) is 13.0. The minimum atomic E-state index is -0.298. The van der Waals surface area contributed by atoms with Gasteiger partial charge in [0.1, 0.15) is 0 Å². The Kier molecular flexibility index (Phi) is 4.60. The van der Waals surface area contributed by atoms with Gasteiger partial charge in [0, 0.05) is 6.42 Å². The summed E-state index contributed by atoms with van der Waals surface area (Å²) in [6.07, 6.45) is 4.96. The summed E-state index contributed by atoms with van der Waals surface area (Å²) in [5.74, 6) is 0.389. The van der Waals surface area contributed by atoms with Crippen LogP contribution in [-0.4, -0.2) is 18.0 Å². The van der Waals surface area contributed by atoms with Gasteiger partial charge in [-0.25, -0.2) is 0 Å². The van der Waals surface area contributed by atoms with Crippen LogP contribution in [0.15, 0.2) is 0 Å². The molecule has 0 aliphatic carbocycles. The Morgan fingerprint density at radius 2 is 1.67 bits per heavy atom. The molecule has 0 aromatic carbocycles. The van der Waals surface area contributed by atoms with E-state index in [1.54, 1.807) is 0 Å². The number of hydrogen-bond acceptors (Lipinski definition) is 2. The molecule has 2 heteroatoms. The van der Waals surface area contributed by atoms with Crippen LogP contribution < -0.4 is 0 Å². The molecule has 0 N–H and O–H groups in total. The predicted molar refractivity (Wildman–Crippen MR) is 62.8 cm³/mol. The third-order valence-electron chi connectivity index (χ3n) is 3.44. The molecule has 1 heterocycles. The highest BCUT2D eigenvalue weighted by Gasteiger charge is 2.43. The van der Waals surface area contributed by atoms with Crippen LogP contribution in [0.25, 0.3) is 0 Å². The molecule has 90 valence electrons. The van der Waals surface area contributed by atoms with E-state index >= 15 is 0 Å². The molecule has 0 radical (unpaired) electrons. The van der Waals surface area contributed by atoms with Gasteiger partial charge in [-0.2, -0.15) is 0 Å². The Balaban J connectivity index is 2.55. The summed E-state index contributed by atoms with van der Waals surface area (Å²) in [6, 6.07) is 0. The van der Waals surface area contributed by atoms with Crippen molar-refractivity contribution in [3.8, 4) is 0 Å². The molecule has 0 unspecified atom stereocenters. The lowest BCUT2D eigenvalue weighted by molar-refractivity contribution is -0.186. The van der Waals surface area contributed by atoms with E-state index in [-0.39, 0.29) is 18.0 Å². The molecular formula is C13H26O2. The van der Waals surface area contributed by atoms with Gasteiger partial charge in [-0.1, -0.05) is 33.6 Å². The molecule has 3 atom stereocenters. The largest absolute Gasteiger partial charge is 0.344 e. The maximum atomic E-state index is 6.01. The van der Waals surface area contributed by atoms with Gasteiger partial charge in [-0.3, -0.25) is 0 Å². The second-order valence-corrected chi connectivity index (χ2v) is 5.01. The first-order valence-corrected chi connectivity index (χ1v) is 6.38. The lowest BCUT2D eigenvalue weighted by Crippen LogP contribution is -2.32. The van der Waals surface area contributed by atoms with Gasteiger partial charge in [0.05, 0.1) is 12.2 Å².